The number of nitrogens with zero attached hydrogens (tertiary/aromatic N) is 3. The van der Waals surface area contributed by atoms with Crippen LogP contribution in [-0.4, -0.2) is 11.7 Å². The van der Waals surface area contributed by atoms with Crippen LogP contribution in [0.4, 0.5) is 0 Å². The smallest absolute Gasteiger partial charge is 0.211 e. The maximum absolute atomic E-state index is 9.26. The van der Waals surface area contributed by atoms with Gasteiger partial charge in [0.25, 0.3) is 0 Å². The molecule has 1 aromatic rings. The van der Waals surface area contributed by atoms with Crippen LogP contribution < -0.4 is 11.5 Å². The number of rotatable bonds is 2. The molecule has 0 radical (unpaired) electrons. The van der Waals surface area contributed by atoms with Gasteiger partial charge in [-0.15, -0.1) is 10.2 Å². The van der Waals surface area contributed by atoms with Gasteiger partial charge in [-0.2, -0.15) is 5.26 Å². The van der Waals surface area contributed by atoms with Crippen molar-refractivity contribution < 1.29 is 0 Å². The second-order valence-corrected chi connectivity index (χ2v) is 4.59. The second-order valence-electron chi connectivity index (χ2n) is 4.59. The molecule has 0 saturated heterocycles. The van der Waals surface area contributed by atoms with Crippen molar-refractivity contribution in [3.05, 3.63) is 33.4 Å². The Morgan fingerprint density at radius 2 is 1.26 bits per heavy atom. The summed E-state index contributed by atoms with van der Waals surface area (Å²) < 4.78 is 0. The van der Waals surface area contributed by atoms with E-state index in [1.807, 2.05) is 27.7 Å². The van der Waals surface area contributed by atoms with Crippen molar-refractivity contribution in [1.82, 2.24) is 0 Å². The molecule has 0 bridgehead atoms. The van der Waals surface area contributed by atoms with E-state index >= 15 is 0 Å². The first kappa shape index (κ1) is 14.7. The van der Waals surface area contributed by atoms with E-state index in [0.717, 1.165) is 27.8 Å². The number of hydrogen-bond acceptors (Lipinski definition) is 3. The van der Waals surface area contributed by atoms with Crippen molar-refractivity contribution in [3.63, 3.8) is 0 Å². The van der Waals surface area contributed by atoms with Gasteiger partial charge in [-0.3, -0.25) is 0 Å². The molecule has 1 aromatic carbocycles. The molecule has 0 fully saturated rings. The van der Waals surface area contributed by atoms with E-state index in [1.165, 1.54) is 5.56 Å². The van der Waals surface area contributed by atoms with Gasteiger partial charge < -0.3 is 11.5 Å². The number of guanidine groups is 1. The molecule has 19 heavy (non-hydrogen) atoms. The lowest BCUT2D eigenvalue weighted by Gasteiger charge is -2.17. The van der Waals surface area contributed by atoms with Crippen molar-refractivity contribution >= 4 is 11.7 Å². The number of benzene rings is 1. The maximum Gasteiger partial charge on any atom is 0.211 e. The average molecular weight is 257 g/mol. The molecular weight excluding hydrogens is 238 g/mol. The minimum absolute atomic E-state index is 0.163. The molecule has 0 spiro atoms. The molecule has 0 heterocycles. The average Bonchev–Trinajstić information content (AvgIpc) is 2.37. The van der Waals surface area contributed by atoms with Gasteiger partial charge >= 0.3 is 0 Å². The predicted molar refractivity (Wildman–Crippen MR) is 78.1 cm³/mol. The van der Waals surface area contributed by atoms with Crippen molar-refractivity contribution in [3.8, 4) is 6.07 Å². The van der Waals surface area contributed by atoms with E-state index in [1.54, 1.807) is 0 Å². The molecule has 4 N–H and O–H groups in total. The molecule has 0 unspecified atom stereocenters. The van der Waals surface area contributed by atoms with Gasteiger partial charge in [0.2, 0.25) is 5.96 Å². The fourth-order valence-corrected chi connectivity index (χ4v) is 2.09. The van der Waals surface area contributed by atoms with Crippen LogP contribution in [0.3, 0.4) is 0 Å². The van der Waals surface area contributed by atoms with Gasteiger partial charge in [0.1, 0.15) is 6.07 Å². The zero-order valence-corrected chi connectivity index (χ0v) is 12.0. The minimum atomic E-state index is -0.163. The molecule has 1 rings (SSSR count). The molecule has 0 aliphatic heterocycles. The largest absolute Gasteiger partial charge is 0.369 e. The topological polar surface area (TPSA) is 101 Å². The number of nitrogens with two attached hydrogens (primary N) is 2. The van der Waals surface area contributed by atoms with E-state index < -0.39 is 0 Å². The summed E-state index contributed by atoms with van der Waals surface area (Å²) in [6.45, 7) is 10.1. The second kappa shape index (κ2) is 5.53. The van der Waals surface area contributed by atoms with E-state index in [9.17, 15) is 5.26 Å². The van der Waals surface area contributed by atoms with Gasteiger partial charge in [0.15, 0.2) is 5.71 Å². The molecular formula is C14H19N5. The van der Waals surface area contributed by atoms with Crippen molar-refractivity contribution in [2.24, 2.45) is 21.7 Å². The fraction of sp³-hybridized carbons (Fsp3) is 0.357. The first-order valence-electron chi connectivity index (χ1n) is 5.95. The molecule has 0 aromatic heterocycles. The summed E-state index contributed by atoms with van der Waals surface area (Å²) in [5, 5.41) is 16.7. The highest BCUT2D eigenvalue weighted by Crippen LogP contribution is 2.26. The van der Waals surface area contributed by atoms with Gasteiger partial charge in [-0.25, -0.2) is 0 Å². The summed E-state index contributed by atoms with van der Waals surface area (Å²) in [7, 11) is 0. The minimum Gasteiger partial charge on any atom is -0.369 e. The molecule has 5 nitrogen and oxygen atoms in total. The summed E-state index contributed by atoms with van der Waals surface area (Å²) in [5.74, 6) is -0.163. The highest BCUT2D eigenvalue weighted by Gasteiger charge is 2.16. The van der Waals surface area contributed by atoms with Crippen LogP contribution in [0.2, 0.25) is 0 Å². The Bertz CT molecular complexity index is 585. The summed E-state index contributed by atoms with van der Waals surface area (Å²) in [4.78, 5) is 0. The summed E-state index contributed by atoms with van der Waals surface area (Å²) >= 11 is 0. The highest BCUT2D eigenvalue weighted by atomic mass is 15.3. The lowest BCUT2D eigenvalue weighted by atomic mass is 9.88. The Hall–Kier alpha value is -2.35. The molecule has 0 saturated carbocycles. The lowest BCUT2D eigenvalue weighted by Crippen LogP contribution is -2.22. The standard InChI is InChI=1S/C14H19N5/c1-7-8(2)10(4)13(11(5)9(7)3)12(6-15)18-19-14(16)17/h1-5H3,(H4,16,17,19)/b18-12-. The van der Waals surface area contributed by atoms with Gasteiger partial charge in [-0.1, -0.05) is 0 Å². The summed E-state index contributed by atoms with van der Waals surface area (Å²) in [6, 6.07) is 2.06. The SMILES string of the molecule is Cc1c(C)c(C)c(/C(C#N)=N\N=C(N)N)c(C)c1C. The Labute approximate surface area is 113 Å². The zero-order chi connectivity index (χ0) is 14.7. The third-order valence-corrected chi connectivity index (χ3v) is 3.61. The molecule has 100 valence electrons. The third-order valence-electron chi connectivity index (χ3n) is 3.61. The zero-order valence-electron chi connectivity index (χ0n) is 12.0. The van der Waals surface area contributed by atoms with Crippen molar-refractivity contribution in [2.45, 2.75) is 34.6 Å². The molecule has 0 atom stereocenters. The van der Waals surface area contributed by atoms with Crippen LogP contribution in [0.5, 0.6) is 0 Å². The fourth-order valence-electron chi connectivity index (χ4n) is 2.09. The van der Waals surface area contributed by atoms with Crippen LogP contribution in [0.15, 0.2) is 10.2 Å². The molecule has 5 heteroatoms. The first-order chi connectivity index (χ1) is 8.81. The normalized spacial score (nSPS) is 11.1. The van der Waals surface area contributed by atoms with E-state index in [4.69, 9.17) is 11.5 Å². The Morgan fingerprint density at radius 1 is 0.842 bits per heavy atom. The summed E-state index contributed by atoms with van der Waals surface area (Å²) in [6.07, 6.45) is 0. The van der Waals surface area contributed by atoms with E-state index in [0.29, 0.717) is 0 Å². The number of hydrogen-bond donors (Lipinski definition) is 2. The molecule has 0 aliphatic rings. The first-order valence-corrected chi connectivity index (χ1v) is 5.95. The quantitative estimate of drug-likeness (QED) is 0.479. The van der Waals surface area contributed by atoms with Gasteiger partial charge in [0, 0.05) is 5.56 Å². The lowest BCUT2D eigenvalue weighted by molar-refractivity contribution is 1.15. The monoisotopic (exact) mass is 257 g/mol. The molecule has 0 amide bonds. The Kier molecular flexibility index (Phi) is 4.28. The predicted octanol–water partition coefficient (Wildman–Crippen LogP) is 1.73. The Morgan fingerprint density at radius 3 is 1.63 bits per heavy atom. The third kappa shape index (κ3) is 2.74. The van der Waals surface area contributed by atoms with E-state index in [2.05, 4.69) is 23.2 Å². The van der Waals surface area contributed by atoms with Crippen LogP contribution in [0.25, 0.3) is 0 Å². The summed E-state index contributed by atoms with van der Waals surface area (Å²) in [5.41, 5.74) is 17.2. The van der Waals surface area contributed by atoms with Crippen LogP contribution in [-0.2, 0) is 0 Å². The van der Waals surface area contributed by atoms with Gasteiger partial charge in [-0.05, 0) is 62.4 Å². The highest BCUT2D eigenvalue weighted by molar-refractivity contribution is 6.13. The van der Waals surface area contributed by atoms with Crippen LogP contribution in [0.1, 0.15) is 33.4 Å². The van der Waals surface area contributed by atoms with Gasteiger partial charge in [0.05, 0.1) is 0 Å². The Balaban J connectivity index is 3.64. The maximum atomic E-state index is 9.26. The number of nitriles is 1. The van der Waals surface area contributed by atoms with Crippen molar-refractivity contribution in [1.29, 1.82) is 5.26 Å². The van der Waals surface area contributed by atoms with Crippen LogP contribution in [0, 0.1) is 45.9 Å². The van der Waals surface area contributed by atoms with Crippen LogP contribution >= 0.6 is 0 Å². The molecule has 0 aliphatic carbocycles. The van der Waals surface area contributed by atoms with Crippen molar-refractivity contribution in [2.75, 3.05) is 0 Å². The van der Waals surface area contributed by atoms with E-state index in [-0.39, 0.29) is 11.7 Å².